The molecule has 0 amide bonds. The fraction of sp³-hybridized carbons (Fsp3) is 0.0357. The van der Waals surface area contributed by atoms with Gasteiger partial charge in [0.15, 0.2) is 0 Å². The Bertz CT molecular complexity index is 2790. The molecule has 0 bridgehead atoms. The van der Waals surface area contributed by atoms with Gasteiger partial charge < -0.3 is 4.90 Å². The number of anilines is 3. The Labute approximate surface area is 335 Å². The van der Waals surface area contributed by atoms with E-state index < -0.39 is 5.41 Å². The Morgan fingerprint density at radius 3 is 1.51 bits per heavy atom. The smallest absolute Gasteiger partial charge is 0.0725 e. The molecule has 8 aromatic rings. The number of hydrogen-bond acceptors (Lipinski definition) is 1. The van der Waals surface area contributed by atoms with Crippen LogP contribution in [0.3, 0.4) is 0 Å². The summed E-state index contributed by atoms with van der Waals surface area (Å²) in [4.78, 5) is 2.40. The van der Waals surface area contributed by atoms with Crippen molar-refractivity contribution in [1.29, 1.82) is 0 Å². The van der Waals surface area contributed by atoms with Gasteiger partial charge in [-0.2, -0.15) is 0 Å². The fourth-order valence-electron chi connectivity index (χ4n) is 9.32. The Kier molecular flexibility index (Phi) is 8.50. The quantitative estimate of drug-likeness (QED) is 0.141. The third-order valence-corrected chi connectivity index (χ3v) is 11.8. The van der Waals surface area contributed by atoms with Gasteiger partial charge in [0, 0.05) is 16.9 Å². The van der Waals surface area contributed by atoms with Crippen LogP contribution < -0.4 is 4.90 Å². The SMILES string of the molecule is C=C/C(=C\C=C/C)c1ccc(N(c2ccc(-c3ccccc3)cc2)c2ccccc2-c2ccc3c(c2)C2(c4ccccc4-c4ccccc42)c2ccccc2-3)cc1. The van der Waals surface area contributed by atoms with E-state index in [1.54, 1.807) is 0 Å². The van der Waals surface area contributed by atoms with E-state index in [4.69, 9.17) is 0 Å². The van der Waals surface area contributed by atoms with Crippen molar-refractivity contribution in [3.05, 3.63) is 253 Å². The minimum absolute atomic E-state index is 0.407. The van der Waals surface area contributed by atoms with E-state index in [2.05, 4.69) is 218 Å². The predicted molar refractivity (Wildman–Crippen MR) is 241 cm³/mol. The summed E-state index contributed by atoms with van der Waals surface area (Å²) in [5.74, 6) is 0. The zero-order valence-corrected chi connectivity index (χ0v) is 31.9. The molecule has 0 aliphatic heterocycles. The molecule has 270 valence electrons. The lowest BCUT2D eigenvalue weighted by Crippen LogP contribution is -2.25. The van der Waals surface area contributed by atoms with Crippen LogP contribution >= 0.6 is 0 Å². The maximum atomic E-state index is 4.10. The molecule has 2 aliphatic carbocycles. The van der Waals surface area contributed by atoms with Crippen LogP contribution in [0.4, 0.5) is 17.1 Å². The van der Waals surface area contributed by atoms with Crippen molar-refractivity contribution in [2.45, 2.75) is 12.3 Å². The van der Waals surface area contributed by atoms with E-state index in [1.165, 1.54) is 66.8 Å². The third kappa shape index (κ3) is 5.46. The molecule has 57 heavy (non-hydrogen) atoms. The average Bonchev–Trinajstić information content (AvgIpc) is 3.75. The normalized spacial score (nSPS) is 13.2. The molecule has 1 spiro atoms. The maximum absolute atomic E-state index is 4.10. The van der Waals surface area contributed by atoms with Crippen LogP contribution in [0.2, 0.25) is 0 Å². The van der Waals surface area contributed by atoms with Gasteiger partial charge in [0.25, 0.3) is 0 Å². The molecule has 0 saturated carbocycles. The van der Waals surface area contributed by atoms with E-state index in [9.17, 15) is 0 Å². The van der Waals surface area contributed by atoms with Crippen LogP contribution in [0.5, 0.6) is 0 Å². The monoisotopic (exact) mass is 727 g/mol. The largest absolute Gasteiger partial charge is 0.310 e. The van der Waals surface area contributed by atoms with E-state index >= 15 is 0 Å². The molecular weight excluding hydrogens is 687 g/mol. The highest BCUT2D eigenvalue weighted by Gasteiger charge is 2.51. The molecule has 10 rings (SSSR count). The second kappa shape index (κ2) is 14.1. The summed E-state index contributed by atoms with van der Waals surface area (Å²) in [6, 6.07) is 71.5. The number of hydrogen-bond donors (Lipinski definition) is 0. The lowest BCUT2D eigenvalue weighted by Gasteiger charge is -2.31. The highest BCUT2D eigenvalue weighted by atomic mass is 15.1. The summed E-state index contributed by atoms with van der Waals surface area (Å²) in [6.45, 7) is 6.13. The van der Waals surface area contributed by atoms with Crippen molar-refractivity contribution in [2.75, 3.05) is 4.90 Å². The molecule has 2 aliphatic rings. The average molecular weight is 728 g/mol. The first-order chi connectivity index (χ1) is 28.2. The Hall–Kier alpha value is -7.22. The van der Waals surface area contributed by atoms with Crippen LogP contribution in [0.15, 0.2) is 225 Å². The molecule has 1 nitrogen and oxygen atoms in total. The Morgan fingerprint density at radius 1 is 0.456 bits per heavy atom. The molecule has 0 unspecified atom stereocenters. The van der Waals surface area contributed by atoms with Gasteiger partial charge in [-0.25, -0.2) is 0 Å². The maximum Gasteiger partial charge on any atom is 0.0725 e. The molecule has 0 aromatic heterocycles. The van der Waals surface area contributed by atoms with Crippen LogP contribution in [0, 0.1) is 0 Å². The number of para-hydroxylation sites is 1. The van der Waals surface area contributed by atoms with Crippen LogP contribution in [0.25, 0.3) is 50.1 Å². The van der Waals surface area contributed by atoms with Crippen molar-refractivity contribution in [2.24, 2.45) is 0 Å². The van der Waals surface area contributed by atoms with Crippen molar-refractivity contribution in [1.82, 2.24) is 0 Å². The van der Waals surface area contributed by atoms with E-state index in [0.717, 1.165) is 28.2 Å². The standard InChI is InChI=1S/C56H41N/c1-3-5-17-39(4-2)41-28-33-44(34-29-41)57(45-35-30-42(31-36-45)40-18-7-6-8-19-40)55-27-16-12-20-46(55)43-32-37-50-49-23-11-15-26-53(49)56(54(50)38-43)51-24-13-9-21-47(51)48-22-10-14-25-52(48)56/h3-38H,2H2,1H3/b5-3-,39-17+. The second-order valence-electron chi connectivity index (χ2n) is 14.8. The zero-order chi connectivity index (χ0) is 38.3. The Balaban J connectivity index is 1.16. The molecule has 0 atom stereocenters. The number of allylic oxidation sites excluding steroid dienone is 5. The zero-order valence-electron chi connectivity index (χ0n) is 31.9. The van der Waals surface area contributed by atoms with E-state index in [1.807, 2.05) is 19.1 Å². The number of nitrogens with zero attached hydrogens (tertiary/aromatic N) is 1. The van der Waals surface area contributed by atoms with E-state index in [0.29, 0.717) is 0 Å². The van der Waals surface area contributed by atoms with Crippen molar-refractivity contribution in [3.63, 3.8) is 0 Å². The summed E-state index contributed by atoms with van der Waals surface area (Å²) >= 11 is 0. The number of fused-ring (bicyclic) bond motifs is 10. The van der Waals surface area contributed by atoms with Gasteiger partial charge in [0.2, 0.25) is 0 Å². The van der Waals surface area contributed by atoms with Gasteiger partial charge in [-0.3, -0.25) is 0 Å². The van der Waals surface area contributed by atoms with Gasteiger partial charge in [-0.05, 0) is 116 Å². The lowest BCUT2D eigenvalue weighted by molar-refractivity contribution is 0.794. The van der Waals surface area contributed by atoms with Crippen molar-refractivity contribution >= 4 is 22.6 Å². The summed E-state index contributed by atoms with van der Waals surface area (Å²) in [5, 5.41) is 0. The first-order valence-corrected chi connectivity index (χ1v) is 19.8. The third-order valence-electron chi connectivity index (χ3n) is 11.8. The lowest BCUT2D eigenvalue weighted by atomic mass is 9.70. The minimum Gasteiger partial charge on any atom is -0.310 e. The number of rotatable bonds is 8. The summed E-state index contributed by atoms with van der Waals surface area (Å²) in [7, 11) is 0. The van der Waals surface area contributed by atoms with Crippen molar-refractivity contribution < 1.29 is 0 Å². The van der Waals surface area contributed by atoms with Gasteiger partial charge in [-0.15, -0.1) is 0 Å². The predicted octanol–water partition coefficient (Wildman–Crippen LogP) is 15.0. The molecule has 0 N–H and O–H groups in total. The molecule has 0 radical (unpaired) electrons. The molecule has 0 fully saturated rings. The molecular formula is C56H41N. The highest BCUT2D eigenvalue weighted by Crippen LogP contribution is 2.63. The van der Waals surface area contributed by atoms with Gasteiger partial charge in [0.05, 0.1) is 11.1 Å². The first-order valence-electron chi connectivity index (χ1n) is 19.8. The van der Waals surface area contributed by atoms with E-state index in [-0.39, 0.29) is 0 Å². The van der Waals surface area contributed by atoms with Crippen LogP contribution in [0.1, 0.15) is 34.7 Å². The first kappa shape index (κ1) is 34.3. The van der Waals surface area contributed by atoms with Gasteiger partial charge in [0.1, 0.15) is 0 Å². The summed E-state index contributed by atoms with van der Waals surface area (Å²) in [5.41, 5.74) is 20.5. The highest BCUT2D eigenvalue weighted by molar-refractivity contribution is 5.97. The molecule has 1 heteroatoms. The Morgan fingerprint density at radius 2 is 0.930 bits per heavy atom. The van der Waals surface area contributed by atoms with Crippen LogP contribution in [-0.4, -0.2) is 0 Å². The van der Waals surface area contributed by atoms with Gasteiger partial charge >= 0.3 is 0 Å². The van der Waals surface area contributed by atoms with Crippen LogP contribution in [-0.2, 0) is 5.41 Å². The van der Waals surface area contributed by atoms with Gasteiger partial charge in [-0.1, -0.05) is 189 Å². The molecule has 8 aromatic carbocycles. The van der Waals surface area contributed by atoms with Crippen molar-refractivity contribution in [3.8, 4) is 44.5 Å². The minimum atomic E-state index is -0.407. The molecule has 0 heterocycles. The topological polar surface area (TPSA) is 3.24 Å². The number of benzene rings is 8. The summed E-state index contributed by atoms with van der Waals surface area (Å²) < 4.78 is 0. The summed E-state index contributed by atoms with van der Waals surface area (Å²) in [6.07, 6.45) is 8.13. The molecule has 0 saturated heterocycles. The second-order valence-corrected chi connectivity index (χ2v) is 14.8. The fourth-order valence-corrected chi connectivity index (χ4v) is 9.32.